The average molecular weight is 416 g/mol. The van der Waals surface area contributed by atoms with E-state index in [9.17, 15) is 13.2 Å². The molecule has 2 heterocycles. The Morgan fingerprint density at radius 3 is 2.63 bits per heavy atom. The summed E-state index contributed by atoms with van der Waals surface area (Å²) in [4.78, 5) is 4.70. The molecule has 2 aromatic heterocycles. The maximum absolute atomic E-state index is 12.9. The van der Waals surface area contributed by atoms with E-state index in [0.717, 1.165) is 15.4 Å². The fourth-order valence-corrected chi connectivity index (χ4v) is 3.17. The minimum absolute atomic E-state index is 0.170. The van der Waals surface area contributed by atoms with Gasteiger partial charge in [-0.2, -0.15) is 13.2 Å². The highest BCUT2D eigenvalue weighted by atomic mass is 79.9. The second-order valence-electron chi connectivity index (χ2n) is 3.59. The number of hydrogen-bond donors (Lipinski definition) is 1. The van der Waals surface area contributed by atoms with Crippen LogP contribution in [0.1, 0.15) is 10.4 Å². The highest BCUT2D eigenvalue weighted by molar-refractivity contribution is 9.10. The van der Waals surface area contributed by atoms with Gasteiger partial charge < -0.3 is 5.32 Å². The van der Waals surface area contributed by atoms with Crippen molar-refractivity contribution in [2.24, 2.45) is 0 Å². The quantitative estimate of drug-likeness (QED) is 0.735. The van der Waals surface area contributed by atoms with E-state index in [1.54, 1.807) is 0 Å². The molecule has 0 aromatic carbocycles. The summed E-state index contributed by atoms with van der Waals surface area (Å²) in [6, 6.07) is 2.86. The molecule has 2 rings (SSSR count). The Bertz CT molecular complexity index is 584. The molecule has 0 aliphatic rings. The summed E-state index contributed by atoms with van der Waals surface area (Å²) >= 11 is 7.78. The van der Waals surface area contributed by atoms with Crippen LogP contribution < -0.4 is 5.32 Å². The van der Waals surface area contributed by atoms with Crippen LogP contribution in [0.3, 0.4) is 0 Å². The third-order valence-electron chi connectivity index (χ3n) is 2.27. The number of halogens is 5. The molecule has 1 N–H and O–H groups in total. The molecule has 0 amide bonds. The van der Waals surface area contributed by atoms with Crippen molar-refractivity contribution in [2.75, 3.05) is 5.32 Å². The predicted molar refractivity (Wildman–Crippen MR) is 76.3 cm³/mol. The maximum Gasteiger partial charge on any atom is 0.419 e. The number of anilines is 1. The molecule has 19 heavy (non-hydrogen) atoms. The first-order valence-electron chi connectivity index (χ1n) is 5.06. The number of alkyl halides is 3. The Morgan fingerprint density at radius 1 is 1.32 bits per heavy atom. The molecule has 2 nitrogen and oxygen atoms in total. The summed E-state index contributed by atoms with van der Waals surface area (Å²) in [6.07, 6.45) is -3.10. The summed E-state index contributed by atoms with van der Waals surface area (Å²) < 4.78 is 39.8. The zero-order valence-electron chi connectivity index (χ0n) is 9.26. The highest BCUT2D eigenvalue weighted by Crippen LogP contribution is 2.35. The SMILES string of the molecule is FC(F)(F)c1cc(Br)cnc1NCc1sccc1Br. The maximum atomic E-state index is 12.9. The van der Waals surface area contributed by atoms with Gasteiger partial charge in [-0.15, -0.1) is 11.3 Å². The Balaban J connectivity index is 2.23. The molecule has 0 spiro atoms. The first-order chi connectivity index (χ1) is 8.88. The van der Waals surface area contributed by atoms with E-state index in [0.29, 0.717) is 4.47 Å². The third kappa shape index (κ3) is 3.70. The normalized spacial score (nSPS) is 11.6. The fraction of sp³-hybridized carbons (Fsp3) is 0.182. The molecular formula is C11H7Br2F3N2S. The molecule has 0 aliphatic carbocycles. The Hall–Kier alpha value is -0.600. The Kier molecular flexibility index (Phi) is 4.52. The van der Waals surface area contributed by atoms with Crippen LogP contribution in [0.5, 0.6) is 0 Å². The molecule has 8 heteroatoms. The van der Waals surface area contributed by atoms with Gasteiger partial charge >= 0.3 is 6.18 Å². The predicted octanol–water partition coefficient (Wildman–Crippen LogP) is 5.30. The number of hydrogen-bond acceptors (Lipinski definition) is 3. The Morgan fingerprint density at radius 2 is 2.05 bits per heavy atom. The molecular weight excluding hydrogens is 409 g/mol. The van der Waals surface area contributed by atoms with Gasteiger partial charge in [-0.25, -0.2) is 4.98 Å². The second kappa shape index (κ2) is 5.80. The number of nitrogens with one attached hydrogen (secondary N) is 1. The molecule has 0 bridgehead atoms. The molecule has 0 saturated heterocycles. The van der Waals surface area contributed by atoms with Gasteiger partial charge in [0.2, 0.25) is 0 Å². The van der Waals surface area contributed by atoms with Gasteiger partial charge in [0.1, 0.15) is 5.82 Å². The standard InChI is InChI=1S/C11H7Br2F3N2S/c12-6-3-7(11(14,15)16)10(17-4-6)18-5-9-8(13)1-2-19-9/h1-4H,5H2,(H,17,18). The average Bonchev–Trinajstić information content (AvgIpc) is 2.72. The van der Waals surface area contributed by atoms with Gasteiger partial charge in [0.15, 0.2) is 0 Å². The molecule has 102 valence electrons. The van der Waals surface area contributed by atoms with Crippen LogP contribution >= 0.6 is 43.2 Å². The molecule has 0 unspecified atom stereocenters. The van der Waals surface area contributed by atoms with Crippen LogP contribution in [0.2, 0.25) is 0 Å². The van der Waals surface area contributed by atoms with Crippen molar-refractivity contribution in [3.05, 3.63) is 43.1 Å². The molecule has 0 atom stereocenters. The van der Waals surface area contributed by atoms with Gasteiger partial charge in [0.25, 0.3) is 0 Å². The lowest BCUT2D eigenvalue weighted by atomic mass is 10.2. The van der Waals surface area contributed by atoms with Crippen LogP contribution in [0.15, 0.2) is 32.7 Å². The molecule has 0 fully saturated rings. The van der Waals surface area contributed by atoms with Gasteiger partial charge in [0.05, 0.1) is 12.1 Å². The second-order valence-corrected chi connectivity index (χ2v) is 6.36. The molecule has 0 saturated carbocycles. The zero-order chi connectivity index (χ0) is 14.0. The van der Waals surface area contributed by atoms with Crippen molar-refractivity contribution < 1.29 is 13.2 Å². The van der Waals surface area contributed by atoms with Crippen LogP contribution in [-0.4, -0.2) is 4.98 Å². The van der Waals surface area contributed by atoms with E-state index in [2.05, 4.69) is 42.2 Å². The largest absolute Gasteiger partial charge is 0.419 e. The van der Waals surface area contributed by atoms with Gasteiger partial charge in [-0.05, 0) is 49.4 Å². The van der Waals surface area contributed by atoms with Crippen molar-refractivity contribution in [2.45, 2.75) is 12.7 Å². The van der Waals surface area contributed by atoms with Crippen molar-refractivity contribution in [3.8, 4) is 0 Å². The summed E-state index contributed by atoms with van der Waals surface area (Å²) in [5.74, 6) is -0.170. The topological polar surface area (TPSA) is 24.9 Å². The van der Waals surface area contributed by atoms with Crippen molar-refractivity contribution in [1.29, 1.82) is 0 Å². The Labute approximate surface area is 128 Å². The van der Waals surface area contributed by atoms with E-state index >= 15 is 0 Å². The monoisotopic (exact) mass is 414 g/mol. The summed E-state index contributed by atoms with van der Waals surface area (Å²) in [7, 11) is 0. The van der Waals surface area contributed by atoms with Crippen LogP contribution in [0.25, 0.3) is 0 Å². The fourth-order valence-electron chi connectivity index (χ4n) is 1.41. The van der Waals surface area contributed by atoms with Crippen molar-refractivity contribution >= 4 is 49.0 Å². The lowest BCUT2D eigenvalue weighted by molar-refractivity contribution is -0.137. The highest BCUT2D eigenvalue weighted by Gasteiger charge is 2.34. The summed E-state index contributed by atoms with van der Waals surface area (Å²) in [5.41, 5.74) is -0.783. The first-order valence-corrected chi connectivity index (χ1v) is 7.53. The molecule has 2 aromatic rings. The van der Waals surface area contributed by atoms with Crippen LogP contribution in [0.4, 0.5) is 19.0 Å². The van der Waals surface area contributed by atoms with E-state index in [-0.39, 0.29) is 12.4 Å². The van der Waals surface area contributed by atoms with Gasteiger partial charge in [-0.1, -0.05) is 0 Å². The molecule has 0 radical (unpaired) electrons. The lowest BCUT2D eigenvalue weighted by Gasteiger charge is -2.13. The van der Waals surface area contributed by atoms with E-state index in [1.165, 1.54) is 17.5 Å². The smallest absolute Gasteiger partial charge is 0.365 e. The van der Waals surface area contributed by atoms with Gasteiger partial charge in [-0.3, -0.25) is 0 Å². The third-order valence-corrected chi connectivity index (χ3v) is 4.63. The number of nitrogens with zero attached hydrogens (tertiary/aromatic N) is 1. The minimum atomic E-state index is -4.44. The van der Waals surface area contributed by atoms with Crippen LogP contribution in [-0.2, 0) is 12.7 Å². The number of thiophene rings is 1. The summed E-state index contributed by atoms with van der Waals surface area (Å²) in [6.45, 7) is 0.288. The van der Waals surface area contributed by atoms with E-state index in [4.69, 9.17) is 0 Å². The lowest BCUT2D eigenvalue weighted by Crippen LogP contribution is -2.12. The van der Waals surface area contributed by atoms with Crippen molar-refractivity contribution in [3.63, 3.8) is 0 Å². The summed E-state index contributed by atoms with van der Waals surface area (Å²) in [5, 5.41) is 4.58. The number of aromatic nitrogens is 1. The first kappa shape index (κ1) is 14.8. The number of rotatable bonds is 3. The van der Waals surface area contributed by atoms with E-state index in [1.807, 2.05) is 11.4 Å². The van der Waals surface area contributed by atoms with Gasteiger partial charge in [0, 0.05) is 20.0 Å². The minimum Gasteiger partial charge on any atom is -0.365 e. The zero-order valence-corrected chi connectivity index (χ0v) is 13.3. The molecule has 0 aliphatic heterocycles. The van der Waals surface area contributed by atoms with E-state index < -0.39 is 11.7 Å². The van der Waals surface area contributed by atoms with Crippen LogP contribution in [0, 0.1) is 0 Å². The number of pyridine rings is 1. The van der Waals surface area contributed by atoms with Crippen molar-refractivity contribution in [1.82, 2.24) is 4.98 Å².